The van der Waals surface area contributed by atoms with Gasteiger partial charge in [0.1, 0.15) is 5.75 Å². The highest BCUT2D eigenvalue weighted by Crippen LogP contribution is 2.43. The van der Waals surface area contributed by atoms with Gasteiger partial charge in [-0.3, -0.25) is 4.79 Å². The molecule has 0 fully saturated rings. The number of aryl methyl sites for hydroxylation is 1. The van der Waals surface area contributed by atoms with E-state index in [1.165, 1.54) is 23.7 Å². The number of halogens is 1. The highest BCUT2D eigenvalue weighted by Gasteiger charge is 2.32. The van der Waals surface area contributed by atoms with Gasteiger partial charge in [-0.25, -0.2) is 4.39 Å². The van der Waals surface area contributed by atoms with Gasteiger partial charge < -0.3 is 10.1 Å². The molecule has 0 bridgehead atoms. The van der Waals surface area contributed by atoms with Gasteiger partial charge in [0.15, 0.2) is 6.17 Å². The molecule has 1 aromatic carbocycles. The number of nitrogens with one attached hydrogen (secondary N) is 1. The topological polar surface area (TPSA) is 38.3 Å². The molecule has 2 atom stereocenters. The first-order valence-electron chi connectivity index (χ1n) is 6.84. The Hall–Kier alpha value is -1.58. The van der Waals surface area contributed by atoms with E-state index in [-0.39, 0.29) is 12.3 Å². The van der Waals surface area contributed by atoms with Crippen LogP contribution >= 0.6 is 0 Å². The minimum absolute atomic E-state index is 0.152. The first-order chi connectivity index (χ1) is 9.20. The zero-order valence-electron chi connectivity index (χ0n) is 11.0. The molecule has 2 unspecified atom stereocenters. The number of ether oxygens (including phenoxy) is 1. The zero-order chi connectivity index (χ0) is 13.4. The van der Waals surface area contributed by atoms with E-state index in [9.17, 15) is 9.18 Å². The molecular formula is C15H18FNO2. The van der Waals surface area contributed by atoms with Crippen LogP contribution in [0.4, 0.5) is 4.39 Å². The molecule has 3 nitrogen and oxygen atoms in total. The molecule has 0 saturated carbocycles. The van der Waals surface area contributed by atoms with Crippen LogP contribution in [0.3, 0.4) is 0 Å². The summed E-state index contributed by atoms with van der Waals surface area (Å²) < 4.78 is 19.4. The molecule has 1 N–H and O–H groups in total. The fraction of sp³-hybridized carbons (Fsp3) is 0.533. The standard InChI is InChI=1S/C15H18FNO2/c1-17-15(18)12(16)8-10-3-2-9-4-5-13-11(14(9)10)6-7-19-13/h4-5,10,12H,2-3,6-8H2,1H3,(H,17,18). The Morgan fingerprint density at radius 1 is 1.53 bits per heavy atom. The minimum atomic E-state index is -1.42. The second kappa shape index (κ2) is 4.83. The molecule has 2 aliphatic rings. The number of rotatable bonds is 3. The van der Waals surface area contributed by atoms with E-state index < -0.39 is 12.1 Å². The summed E-state index contributed by atoms with van der Waals surface area (Å²) in [6.07, 6.45) is 1.69. The molecule has 0 aromatic heterocycles. The van der Waals surface area contributed by atoms with Crippen molar-refractivity contribution in [1.82, 2.24) is 5.32 Å². The number of alkyl halides is 1. The van der Waals surface area contributed by atoms with Crippen LogP contribution in [-0.2, 0) is 17.6 Å². The Morgan fingerprint density at radius 2 is 2.37 bits per heavy atom. The van der Waals surface area contributed by atoms with Crippen LogP contribution in [0.15, 0.2) is 12.1 Å². The van der Waals surface area contributed by atoms with Gasteiger partial charge in [0.05, 0.1) is 6.61 Å². The Bertz CT molecular complexity index is 515. The van der Waals surface area contributed by atoms with Crippen molar-refractivity contribution in [2.24, 2.45) is 0 Å². The number of carbonyl (C=O) groups excluding carboxylic acids is 1. The summed E-state index contributed by atoms with van der Waals surface area (Å²) in [4.78, 5) is 11.3. The summed E-state index contributed by atoms with van der Waals surface area (Å²) in [6.45, 7) is 0.715. The van der Waals surface area contributed by atoms with Crippen molar-refractivity contribution in [2.45, 2.75) is 37.8 Å². The van der Waals surface area contributed by atoms with E-state index in [0.717, 1.165) is 25.0 Å². The van der Waals surface area contributed by atoms with Crippen molar-refractivity contribution in [3.05, 3.63) is 28.8 Å². The molecule has 102 valence electrons. The maximum atomic E-state index is 13.9. The zero-order valence-corrected chi connectivity index (χ0v) is 11.0. The number of hydrogen-bond donors (Lipinski definition) is 1. The largest absolute Gasteiger partial charge is 0.493 e. The molecule has 1 heterocycles. The van der Waals surface area contributed by atoms with Gasteiger partial charge in [-0.1, -0.05) is 6.07 Å². The molecule has 0 spiro atoms. The lowest BCUT2D eigenvalue weighted by molar-refractivity contribution is -0.125. The van der Waals surface area contributed by atoms with Crippen molar-refractivity contribution in [3.63, 3.8) is 0 Å². The third-order valence-electron chi connectivity index (χ3n) is 4.21. The van der Waals surface area contributed by atoms with Crippen LogP contribution in [0.5, 0.6) is 5.75 Å². The quantitative estimate of drug-likeness (QED) is 0.907. The Kier molecular flexibility index (Phi) is 3.17. The molecular weight excluding hydrogens is 245 g/mol. The lowest BCUT2D eigenvalue weighted by atomic mass is 9.90. The first-order valence-corrected chi connectivity index (χ1v) is 6.84. The summed E-state index contributed by atoms with van der Waals surface area (Å²) in [5, 5.41) is 2.38. The van der Waals surface area contributed by atoms with Crippen LogP contribution in [0.2, 0.25) is 0 Å². The summed E-state index contributed by atoms with van der Waals surface area (Å²) in [5.41, 5.74) is 3.80. The summed E-state index contributed by atoms with van der Waals surface area (Å²) in [6, 6.07) is 4.11. The van der Waals surface area contributed by atoms with E-state index in [2.05, 4.69) is 11.4 Å². The Balaban J connectivity index is 1.86. The van der Waals surface area contributed by atoms with Gasteiger partial charge in [0.25, 0.3) is 5.91 Å². The highest BCUT2D eigenvalue weighted by atomic mass is 19.1. The number of carbonyl (C=O) groups is 1. The van der Waals surface area contributed by atoms with Crippen LogP contribution < -0.4 is 10.1 Å². The monoisotopic (exact) mass is 263 g/mol. The number of hydrogen-bond acceptors (Lipinski definition) is 2. The molecule has 3 rings (SSSR count). The number of benzene rings is 1. The average molecular weight is 263 g/mol. The molecule has 0 saturated heterocycles. The van der Waals surface area contributed by atoms with Gasteiger partial charge in [0, 0.05) is 19.0 Å². The van der Waals surface area contributed by atoms with Gasteiger partial charge in [0.2, 0.25) is 0 Å². The second-order valence-corrected chi connectivity index (χ2v) is 5.27. The molecule has 4 heteroatoms. The normalized spacial score (nSPS) is 21.5. The van der Waals surface area contributed by atoms with E-state index in [0.29, 0.717) is 6.61 Å². The van der Waals surface area contributed by atoms with Gasteiger partial charge >= 0.3 is 0 Å². The average Bonchev–Trinajstić information content (AvgIpc) is 3.03. The smallest absolute Gasteiger partial charge is 0.254 e. The number of amides is 1. The lowest BCUT2D eigenvalue weighted by Crippen LogP contribution is -2.29. The van der Waals surface area contributed by atoms with Crippen molar-refractivity contribution in [2.75, 3.05) is 13.7 Å². The van der Waals surface area contributed by atoms with E-state index >= 15 is 0 Å². The predicted molar refractivity (Wildman–Crippen MR) is 70.3 cm³/mol. The van der Waals surface area contributed by atoms with Crippen LogP contribution in [0.1, 0.15) is 35.4 Å². The SMILES string of the molecule is CNC(=O)C(F)CC1CCc2ccc3c(c21)CCO3. The molecule has 1 aromatic rings. The van der Waals surface area contributed by atoms with E-state index in [1.807, 2.05) is 6.07 Å². The number of fused-ring (bicyclic) bond motifs is 3. The fourth-order valence-electron chi connectivity index (χ4n) is 3.30. The minimum Gasteiger partial charge on any atom is -0.493 e. The molecule has 1 amide bonds. The van der Waals surface area contributed by atoms with Gasteiger partial charge in [-0.2, -0.15) is 0 Å². The molecule has 0 radical (unpaired) electrons. The van der Waals surface area contributed by atoms with Crippen LogP contribution in [0, 0.1) is 0 Å². The van der Waals surface area contributed by atoms with Gasteiger partial charge in [-0.05, 0) is 42.4 Å². The molecule has 19 heavy (non-hydrogen) atoms. The van der Waals surface area contributed by atoms with E-state index in [1.54, 1.807) is 0 Å². The maximum absolute atomic E-state index is 13.9. The molecule has 1 aliphatic heterocycles. The van der Waals surface area contributed by atoms with Crippen LogP contribution in [0.25, 0.3) is 0 Å². The Morgan fingerprint density at radius 3 is 3.16 bits per heavy atom. The summed E-state index contributed by atoms with van der Waals surface area (Å²) in [5.74, 6) is 0.581. The van der Waals surface area contributed by atoms with Crippen molar-refractivity contribution in [3.8, 4) is 5.75 Å². The third-order valence-corrected chi connectivity index (χ3v) is 4.21. The fourth-order valence-corrected chi connectivity index (χ4v) is 3.30. The summed E-state index contributed by atoms with van der Waals surface area (Å²) in [7, 11) is 1.48. The van der Waals surface area contributed by atoms with Crippen molar-refractivity contribution in [1.29, 1.82) is 0 Å². The Labute approximate surface area is 112 Å². The van der Waals surface area contributed by atoms with Crippen LogP contribution in [-0.4, -0.2) is 25.7 Å². The van der Waals surface area contributed by atoms with Crippen molar-refractivity contribution < 1.29 is 13.9 Å². The summed E-state index contributed by atoms with van der Waals surface area (Å²) >= 11 is 0. The highest BCUT2D eigenvalue weighted by molar-refractivity contribution is 5.80. The van der Waals surface area contributed by atoms with E-state index in [4.69, 9.17) is 4.74 Å². The third kappa shape index (κ3) is 2.09. The first kappa shape index (κ1) is 12.5. The van der Waals surface area contributed by atoms with Gasteiger partial charge in [-0.15, -0.1) is 0 Å². The maximum Gasteiger partial charge on any atom is 0.254 e. The predicted octanol–water partition coefficient (Wildman–Crippen LogP) is 2.13. The van der Waals surface area contributed by atoms with Crippen molar-refractivity contribution >= 4 is 5.91 Å². The molecule has 1 aliphatic carbocycles. The lowest BCUT2D eigenvalue weighted by Gasteiger charge is -2.16. The second-order valence-electron chi connectivity index (χ2n) is 5.27.